The molecule has 1 aliphatic heterocycles. The summed E-state index contributed by atoms with van der Waals surface area (Å²) in [5.41, 5.74) is 2.35. The summed E-state index contributed by atoms with van der Waals surface area (Å²) in [5, 5.41) is 12.5. The van der Waals surface area contributed by atoms with E-state index in [1.165, 1.54) is 0 Å². The van der Waals surface area contributed by atoms with Crippen LogP contribution in [0.2, 0.25) is 0 Å². The molecule has 4 nitrogen and oxygen atoms in total. The molecule has 0 spiro atoms. The molecule has 0 saturated carbocycles. The standard InChI is InChI=1S/C13H18N2O2/c1-2-10-3-4-11(9-12(10)13(16)17)15-7-5-14-6-8-15/h3-4,9,14H,2,5-8H2,1H3,(H,16,17). The first-order valence-corrected chi connectivity index (χ1v) is 6.04. The summed E-state index contributed by atoms with van der Waals surface area (Å²) in [4.78, 5) is 13.4. The van der Waals surface area contributed by atoms with E-state index in [4.69, 9.17) is 0 Å². The summed E-state index contributed by atoms with van der Waals surface area (Å²) < 4.78 is 0. The van der Waals surface area contributed by atoms with Crippen LogP contribution in [0.1, 0.15) is 22.8 Å². The Kier molecular flexibility index (Phi) is 3.64. The van der Waals surface area contributed by atoms with Gasteiger partial charge < -0.3 is 15.3 Å². The van der Waals surface area contributed by atoms with Crippen LogP contribution in [-0.2, 0) is 6.42 Å². The lowest BCUT2D eigenvalue weighted by Crippen LogP contribution is -2.43. The highest BCUT2D eigenvalue weighted by Gasteiger charge is 2.14. The molecule has 1 aliphatic rings. The SMILES string of the molecule is CCc1ccc(N2CCNCC2)cc1C(=O)O. The fourth-order valence-corrected chi connectivity index (χ4v) is 2.19. The van der Waals surface area contributed by atoms with Crippen molar-refractivity contribution in [2.75, 3.05) is 31.1 Å². The fourth-order valence-electron chi connectivity index (χ4n) is 2.19. The Bertz CT molecular complexity index is 412. The van der Waals surface area contributed by atoms with E-state index in [0.717, 1.165) is 43.9 Å². The van der Waals surface area contributed by atoms with Gasteiger partial charge in [-0.25, -0.2) is 4.79 Å². The zero-order valence-corrected chi connectivity index (χ0v) is 10.1. The lowest BCUT2D eigenvalue weighted by atomic mass is 10.0. The predicted molar refractivity (Wildman–Crippen MR) is 67.9 cm³/mol. The van der Waals surface area contributed by atoms with E-state index in [2.05, 4.69) is 10.2 Å². The van der Waals surface area contributed by atoms with Crippen LogP contribution in [0, 0.1) is 0 Å². The van der Waals surface area contributed by atoms with Crippen LogP contribution in [-0.4, -0.2) is 37.3 Å². The smallest absolute Gasteiger partial charge is 0.336 e. The van der Waals surface area contributed by atoms with Gasteiger partial charge in [0.25, 0.3) is 0 Å². The van der Waals surface area contributed by atoms with E-state index in [9.17, 15) is 9.90 Å². The number of nitrogens with zero attached hydrogens (tertiary/aromatic N) is 1. The number of carboxylic acid groups (broad SMARTS) is 1. The third kappa shape index (κ3) is 2.58. The number of rotatable bonds is 3. The number of nitrogens with one attached hydrogen (secondary N) is 1. The molecule has 0 unspecified atom stereocenters. The largest absolute Gasteiger partial charge is 0.478 e. The quantitative estimate of drug-likeness (QED) is 0.829. The highest BCUT2D eigenvalue weighted by atomic mass is 16.4. The van der Waals surface area contributed by atoms with Crippen molar-refractivity contribution in [1.29, 1.82) is 0 Å². The zero-order chi connectivity index (χ0) is 12.3. The maximum Gasteiger partial charge on any atom is 0.336 e. The average molecular weight is 234 g/mol. The molecule has 0 aliphatic carbocycles. The van der Waals surface area contributed by atoms with Crippen LogP contribution in [0.5, 0.6) is 0 Å². The number of hydrogen-bond acceptors (Lipinski definition) is 3. The van der Waals surface area contributed by atoms with E-state index in [0.29, 0.717) is 5.56 Å². The summed E-state index contributed by atoms with van der Waals surface area (Å²) in [7, 11) is 0. The molecule has 0 radical (unpaired) electrons. The predicted octanol–water partition coefficient (Wildman–Crippen LogP) is 1.36. The molecule has 1 heterocycles. The molecule has 17 heavy (non-hydrogen) atoms. The Labute approximate surface area is 101 Å². The molecule has 1 saturated heterocycles. The summed E-state index contributed by atoms with van der Waals surface area (Å²) in [6.45, 7) is 5.76. The van der Waals surface area contributed by atoms with Crippen LogP contribution < -0.4 is 10.2 Å². The van der Waals surface area contributed by atoms with Gasteiger partial charge in [0, 0.05) is 31.9 Å². The van der Waals surface area contributed by atoms with Gasteiger partial charge in [0.15, 0.2) is 0 Å². The van der Waals surface area contributed by atoms with E-state index in [-0.39, 0.29) is 0 Å². The Balaban J connectivity index is 2.29. The van der Waals surface area contributed by atoms with Crippen LogP contribution in [0.4, 0.5) is 5.69 Å². The third-order valence-electron chi connectivity index (χ3n) is 3.19. The number of carboxylic acids is 1. The van der Waals surface area contributed by atoms with Crippen molar-refractivity contribution in [2.45, 2.75) is 13.3 Å². The van der Waals surface area contributed by atoms with Crippen LogP contribution in [0.25, 0.3) is 0 Å². The van der Waals surface area contributed by atoms with Gasteiger partial charge in [-0.05, 0) is 24.1 Å². The average Bonchev–Trinajstić information content (AvgIpc) is 2.39. The van der Waals surface area contributed by atoms with Gasteiger partial charge in [0.1, 0.15) is 0 Å². The molecule has 1 fully saturated rings. The number of aryl methyl sites for hydroxylation is 1. The Hall–Kier alpha value is -1.55. The molecular formula is C13H18N2O2. The highest BCUT2D eigenvalue weighted by Crippen LogP contribution is 2.20. The molecular weight excluding hydrogens is 216 g/mol. The van der Waals surface area contributed by atoms with E-state index < -0.39 is 5.97 Å². The van der Waals surface area contributed by atoms with Crippen molar-refractivity contribution in [3.05, 3.63) is 29.3 Å². The summed E-state index contributed by atoms with van der Waals surface area (Å²) in [6, 6.07) is 5.75. The fraction of sp³-hybridized carbons (Fsp3) is 0.462. The third-order valence-corrected chi connectivity index (χ3v) is 3.19. The maximum absolute atomic E-state index is 11.2. The lowest BCUT2D eigenvalue weighted by Gasteiger charge is -2.29. The highest BCUT2D eigenvalue weighted by molar-refractivity contribution is 5.90. The van der Waals surface area contributed by atoms with Gasteiger partial charge in [-0.2, -0.15) is 0 Å². The minimum absolute atomic E-state index is 0.434. The number of piperazine rings is 1. The van der Waals surface area contributed by atoms with Gasteiger partial charge in [0.2, 0.25) is 0 Å². The van der Waals surface area contributed by atoms with Crippen molar-refractivity contribution in [2.24, 2.45) is 0 Å². The second kappa shape index (κ2) is 5.19. The first kappa shape index (κ1) is 11.9. The molecule has 0 amide bonds. The van der Waals surface area contributed by atoms with Crippen LogP contribution in [0.15, 0.2) is 18.2 Å². The first-order valence-electron chi connectivity index (χ1n) is 6.04. The molecule has 2 rings (SSSR count). The summed E-state index contributed by atoms with van der Waals surface area (Å²) >= 11 is 0. The second-order valence-electron chi connectivity index (χ2n) is 4.24. The number of carbonyl (C=O) groups is 1. The normalized spacial score (nSPS) is 15.9. The Morgan fingerprint density at radius 3 is 2.71 bits per heavy atom. The topological polar surface area (TPSA) is 52.6 Å². The maximum atomic E-state index is 11.2. The zero-order valence-electron chi connectivity index (χ0n) is 10.1. The molecule has 0 atom stereocenters. The van der Waals surface area contributed by atoms with E-state index >= 15 is 0 Å². The molecule has 92 valence electrons. The van der Waals surface area contributed by atoms with E-state index in [1.807, 2.05) is 19.1 Å². The van der Waals surface area contributed by atoms with Crippen molar-refractivity contribution in [3.8, 4) is 0 Å². The number of hydrogen-bond donors (Lipinski definition) is 2. The van der Waals surface area contributed by atoms with Gasteiger partial charge in [-0.15, -0.1) is 0 Å². The van der Waals surface area contributed by atoms with E-state index in [1.54, 1.807) is 6.07 Å². The van der Waals surface area contributed by atoms with Crippen molar-refractivity contribution < 1.29 is 9.90 Å². The first-order chi connectivity index (χ1) is 8.22. The van der Waals surface area contributed by atoms with Crippen LogP contribution >= 0.6 is 0 Å². The van der Waals surface area contributed by atoms with Crippen molar-refractivity contribution in [1.82, 2.24) is 5.32 Å². The molecule has 0 bridgehead atoms. The minimum atomic E-state index is -0.834. The molecule has 2 N–H and O–H groups in total. The summed E-state index contributed by atoms with van der Waals surface area (Å²) in [5.74, 6) is -0.834. The molecule has 1 aromatic carbocycles. The monoisotopic (exact) mass is 234 g/mol. The van der Waals surface area contributed by atoms with Gasteiger partial charge >= 0.3 is 5.97 Å². The van der Waals surface area contributed by atoms with Crippen molar-refractivity contribution in [3.63, 3.8) is 0 Å². The number of benzene rings is 1. The van der Waals surface area contributed by atoms with Crippen LogP contribution in [0.3, 0.4) is 0 Å². The lowest BCUT2D eigenvalue weighted by molar-refractivity contribution is 0.0696. The Morgan fingerprint density at radius 1 is 1.41 bits per heavy atom. The van der Waals surface area contributed by atoms with Gasteiger partial charge in [0.05, 0.1) is 5.56 Å². The van der Waals surface area contributed by atoms with Gasteiger partial charge in [-0.3, -0.25) is 0 Å². The Morgan fingerprint density at radius 2 is 2.12 bits per heavy atom. The van der Waals surface area contributed by atoms with Gasteiger partial charge in [-0.1, -0.05) is 13.0 Å². The molecule has 0 aromatic heterocycles. The second-order valence-corrected chi connectivity index (χ2v) is 4.24. The molecule has 4 heteroatoms. The summed E-state index contributed by atoms with van der Waals surface area (Å²) in [6.07, 6.45) is 0.753. The minimum Gasteiger partial charge on any atom is -0.478 e. The number of anilines is 1. The van der Waals surface area contributed by atoms with Crippen molar-refractivity contribution >= 4 is 11.7 Å². The number of aromatic carboxylic acids is 1. The molecule has 1 aromatic rings.